The SMILES string of the molecule is C[C@@H](NCc1cc2ccc1CCc1ccc(cc1O)CC2)c1ccccc1. The summed E-state index contributed by atoms with van der Waals surface area (Å²) in [7, 11) is 0. The lowest BCUT2D eigenvalue weighted by Crippen LogP contribution is -2.19. The minimum absolute atomic E-state index is 0.317. The fourth-order valence-corrected chi connectivity index (χ4v) is 3.90. The summed E-state index contributed by atoms with van der Waals surface area (Å²) in [6, 6.07) is 24.0. The first-order chi connectivity index (χ1) is 13.2. The molecule has 0 spiro atoms. The number of aromatic hydroxyl groups is 1. The van der Waals surface area contributed by atoms with E-state index in [-0.39, 0.29) is 0 Å². The van der Waals surface area contributed by atoms with Crippen LogP contribution < -0.4 is 5.32 Å². The molecule has 2 nitrogen and oxygen atoms in total. The van der Waals surface area contributed by atoms with Crippen molar-refractivity contribution in [2.45, 2.75) is 45.2 Å². The minimum atomic E-state index is 0.317. The summed E-state index contributed by atoms with van der Waals surface area (Å²) in [5.74, 6) is 0.444. The molecular formula is C25H27NO. The van der Waals surface area contributed by atoms with E-state index >= 15 is 0 Å². The van der Waals surface area contributed by atoms with E-state index in [0.29, 0.717) is 11.8 Å². The van der Waals surface area contributed by atoms with E-state index < -0.39 is 0 Å². The number of hydrogen-bond donors (Lipinski definition) is 2. The molecule has 0 aliphatic heterocycles. The van der Waals surface area contributed by atoms with Crippen molar-refractivity contribution in [2.75, 3.05) is 0 Å². The van der Waals surface area contributed by atoms with Crippen molar-refractivity contribution >= 4 is 0 Å². The highest BCUT2D eigenvalue weighted by atomic mass is 16.3. The molecule has 3 aromatic carbocycles. The molecule has 0 aromatic heterocycles. The molecule has 4 bridgehead atoms. The highest BCUT2D eigenvalue weighted by Gasteiger charge is 2.11. The molecule has 3 aromatic rings. The number of nitrogens with one attached hydrogen (secondary N) is 1. The molecule has 4 aliphatic rings. The Morgan fingerprint density at radius 1 is 0.815 bits per heavy atom. The zero-order valence-corrected chi connectivity index (χ0v) is 15.9. The average Bonchev–Trinajstić information content (AvgIpc) is 2.69. The smallest absolute Gasteiger partial charge is 0.119 e. The summed E-state index contributed by atoms with van der Waals surface area (Å²) in [5, 5.41) is 14.0. The maximum Gasteiger partial charge on any atom is 0.119 e. The molecule has 0 unspecified atom stereocenters. The van der Waals surface area contributed by atoms with Gasteiger partial charge in [0.05, 0.1) is 0 Å². The van der Waals surface area contributed by atoms with Gasteiger partial charge in [0.2, 0.25) is 0 Å². The Balaban J connectivity index is 1.55. The standard InChI is InChI=1S/C25H27NO/c1-18(21-5-3-2-4-6-21)26-17-24-15-19-7-8-20-10-12-23(25(27)16-20)14-13-22(24)11-9-19/h2-6,9-12,15-16,18,26-27H,7-8,13-14,17H2,1H3/t18-/m1/s1. The Kier molecular flexibility index (Phi) is 5.26. The number of aryl methyl sites for hydroxylation is 4. The van der Waals surface area contributed by atoms with Crippen molar-refractivity contribution in [3.05, 3.63) is 100 Å². The predicted molar refractivity (Wildman–Crippen MR) is 111 cm³/mol. The first-order valence-electron chi connectivity index (χ1n) is 9.89. The summed E-state index contributed by atoms with van der Waals surface area (Å²) in [6.07, 6.45) is 3.78. The van der Waals surface area contributed by atoms with Gasteiger partial charge in [-0.1, -0.05) is 60.7 Å². The minimum Gasteiger partial charge on any atom is -0.508 e. The quantitative estimate of drug-likeness (QED) is 0.679. The highest BCUT2D eigenvalue weighted by Crippen LogP contribution is 2.25. The molecule has 27 heavy (non-hydrogen) atoms. The number of phenols is 1. The van der Waals surface area contributed by atoms with Crippen molar-refractivity contribution < 1.29 is 5.11 Å². The summed E-state index contributed by atoms with van der Waals surface area (Å²) in [5.41, 5.74) is 7.68. The molecule has 2 N–H and O–H groups in total. The van der Waals surface area contributed by atoms with E-state index in [4.69, 9.17) is 0 Å². The fraction of sp³-hybridized carbons (Fsp3) is 0.280. The van der Waals surface area contributed by atoms with Crippen molar-refractivity contribution in [2.24, 2.45) is 0 Å². The van der Waals surface area contributed by atoms with Gasteiger partial charge in [0.15, 0.2) is 0 Å². The first kappa shape index (κ1) is 17.8. The molecule has 0 radical (unpaired) electrons. The molecule has 2 heteroatoms. The van der Waals surface area contributed by atoms with E-state index in [1.54, 1.807) is 0 Å². The van der Waals surface area contributed by atoms with Crippen molar-refractivity contribution in [3.63, 3.8) is 0 Å². The van der Waals surface area contributed by atoms with Crippen LogP contribution in [-0.4, -0.2) is 5.11 Å². The van der Waals surface area contributed by atoms with Gasteiger partial charge in [0.25, 0.3) is 0 Å². The van der Waals surface area contributed by atoms with Crippen LogP contribution in [-0.2, 0) is 32.2 Å². The molecule has 0 saturated heterocycles. The summed E-state index contributed by atoms with van der Waals surface area (Å²) >= 11 is 0. The molecule has 0 heterocycles. The number of rotatable bonds is 4. The molecule has 0 amide bonds. The van der Waals surface area contributed by atoms with Gasteiger partial charge in [-0.25, -0.2) is 0 Å². The lowest BCUT2D eigenvalue weighted by Gasteiger charge is -2.18. The van der Waals surface area contributed by atoms with E-state index in [1.165, 1.54) is 27.8 Å². The predicted octanol–water partition coefficient (Wildman–Crippen LogP) is 5.13. The number of hydrogen-bond acceptors (Lipinski definition) is 2. The Morgan fingerprint density at radius 3 is 2.22 bits per heavy atom. The normalized spacial score (nSPS) is 14.6. The van der Waals surface area contributed by atoms with Gasteiger partial charge < -0.3 is 10.4 Å². The van der Waals surface area contributed by atoms with Crippen molar-refractivity contribution in [1.82, 2.24) is 5.32 Å². The molecule has 7 rings (SSSR count). The third kappa shape index (κ3) is 4.23. The Morgan fingerprint density at radius 2 is 1.48 bits per heavy atom. The maximum absolute atomic E-state index is 10.3. The third-order valence-corrected chi connectivity index (χ3v) is 5.68. The molecular weight excluding hydrogens is 330 g/mol. The van der Waals surface area contributed by atoms with Crippen LogP contribution in [0.1, 0.15) is 46.3 Å². The number of phenolic OH excluding ortho intramolecular Hbond substituents is 1. The second-order valence-electron chi connectivity index (χ2n) is 7.58. The zero-order chi connectivity index (χ0) is 18.6. The second kappa shape index (κ2) is 7.98. The van der Waals surface area contributed by atoms with Gasteiger partial charge in [-0.3, -0.25) is 0 Å². The Hall–Kier alpha value is -2.58. The van der Waals surface area contributed by atoms with Crippen LogP contribution in [0.4, 0.5) is 0 Å². The second-order valence-corrected chi connectivity index (χ2v) is 7.58. The topological polar surface area (TPSA) is 32.3 Å². The summed E-state index contributed by atoms with van der Waals surface area (Å²) in [4.78, 5) is 0. The largest absolute Gasteiger partial charge is 0.508 e. The van der Waals surface area contributed by atoms with Crippen LogP contribution in [0.25, 0.3) is 0 Å². The van der Waals surface area contributed by atoms with Crippen LogP contribution >= 0.6 is 0 Å². The van der Waals surface area contributed by atoms with Crippen LogP contribution in [0, 0.1) is 0 Å². The van der Waals surface area contributed by atoms with Crippen LogP contribution in [0.3, 0.4) is 0 Å². The van der Waals surface area contributed by atoms with E-state index in [1.807, 2.05) is 6.07 Å². The molecule has 0 fully saturated rings. The van der Waals surface area contributed by atoms with Gasteiger partial charge in [-0.15, -0.1) is 0 Å². The Bertz CT molecular complexity index is 917. The van der Waals surface area contributed by atoms with E-state index in [0.717, 1.165) is 37.8 Å². The van der Waals surface area contributed by atoms with Crippen LogP contribution in [0.15, 0.2) is 66.7 Å². The molecule has 138 valence electrons. The van der Waals surface area contributed by atoms with Gasteiger partial charge in [-0.05, 0) is 72.1 Å². The summed E-state index contributed by atoms with van der Waals surface area (Å²) in [6.45, 7) is 3.08. The highest BCUT2D eigenvalue weighted by molar-refractivity contribution is 5.40. The van der Waals surface area contributed by atoms with Gasteiger partial charge in [-0.2, -0.15) is 0 Å². The maximum atomic E-state index is 10.3. The monoisotopic (exact) mass is 357 g/mol. The third-order valence-electron chi connectivity index (χ3n) is 5.68. The van der Waals surface area contributed by atoms with Crippen LogP contribution in [0.5, 0.6) is 5.75 Å². The van der Waals surface area contributed by atoms with Gasteiger partial charge >= 0.3 is 0 Å². The van der Waals surface area contributed by atoms with Crippen LogP contribution in [0.2, 0.25) is 0 Å². The van der Waals surface area contributed by atoms with E-state index in [9.17, 15) is 5.11 Å². The van der Waals surface area contributed by atoms with Crippen molar-refractivity contribution in [3.8, 4) is 5.75 Å². The van der Waals surface area contributed by atoms with Gasteiger partial charge in [0, 0.05) is 12.6 Å². The fourth-order valence-electron chi connectivity index (χ4n) is 3.90. The lowest BCUT2D eigenvalue weighted by molar-refractivity contribution is 0.467. The average molecular weight is 357 g/mol. The number of benzene rings is 3. The van der Waals surface area contributed by atoms with E-state index in [2.05, 4.69) is 72.9 Å². The first-order valence-corrected chi connectivity index (χ1v) is 9.89. The Labute approximate surface area is 161 Å². The molecule has 0 saturated carbocycles. The van der Waals surface area contributed by atoms with Gasteiger partial charge in [0.1, 0.15) is 5.75 Å². The zero-order valence-electron chi connectivity index (χ0n) is 15.9. The molecule has 4 aliphatic carbocycles. The molecule has 1 atom stereocenters. The summed E-state index contributed by atoms with van der Waals surface area (Å²) < 4.78 is 0. The lowest BCUT2D eigenvalue weighted by atomic mass is 9.92. The van der Waals surface area contributed by atoms with Crippen molar-refractivity contribution in [1.29, 1.82) is 0 Å².